The van der Waals surface area contributed by atoms with Gasteiger partial charge in [-0.3, -0.25) is 0 Å². The molecule has 2 heteroatoms. The molecule has 0 amide bonds. The maximum Gasteiger partial charge on any atom is 0.157 e. The quantitative estimate of drug-likeness (QED) is 0.581. The van der Waals surface area contributed by atoms with Crippen molar-refractivity contribution in [2.45, 2.75) is 67.1 Å². The Bertz CT molecular complexity index is 155. The van der Waals surface area contributed by atoms with Gasteiger partial charge < -0.3 is 9.47 Å². The van der Waals surface area contributed by atoms with Crippen LogP contribution in [0.3, 0.4) is 0 Å². The van der Waals surface area contributed by atoms with Crippen LogP contribution < -0.4 is 0 Å². The molecule has 0 aliphatic carbocycles. The molecule has 16 heavy (non-hydrogen) atoms. The van der Waals surface area contributed by atoms with Gasteiger partial charge in [0.05, 0.1) is 0 Å². The molecule has 0 aromatic heterocycles. The molecule has 98 valence electrons. The van der Waals surface area contributed by atoms with Gasteiger partial charge in [0.25, 0.3) is 0 Å². The van der Waals surface area contributed by atoms with E-state index in [1.54, 1.807) is 0 Å². The largest absolute Gasteiger partial charge is 0.353 e. The number of rotatable bonds is 8. The fourth-order valence-electron chi connectivity index (χ4n) is 2.15. The summed E-state index contributed by atoms with van der Waals surface area (Å²) < 4.78 is 11.1. The third-order valence-corrected chi connectivity index (χ3v) is 2.56. The van der Waals surface area contributed by atoms with Crippen molar-refractivity contribution in [3.63, 3.8) is 0 Å². The van der Waals surface area contributed by atoms with Crippen molar-refractivity contribution in [3.05, 3.63) is 0 Å². The van der Waals surface area contributed by atoms with Crippen molar-refractivity contribution in [1.82, 2.24) is 0 Å². The van der Waals surface area contributed by atoms with Crippen molar-refractivity contribution in [1.29, 1.82) is 0 Å². The molecule has 0 fully saturated rings. The van der Waals surface area contributed by atoms with Gasteiger partial charge in [-0.1, -0.05) is 27.7 Å². The lowest BCUT2D eigenvalue weighted by molar-refractivity contribution is -0.141. The Labute approximate surface area is 102 Å². The molecule has 0 heterocycles. The highest BCUT2D eigenvalue weighted by atomic mass is 16.7. The lowest BCUT2D eigenvalue weighted by Gasteiger charge is -2.24. The lowest BCUT2D eigenvalue weighted by Crippen LogP contribution is -2.19. The van der Waals surface area contributed by atoms with Crippen LogP contribution in [0.15, 0.2) is 0 Å². The Kier molecular flexibility index (Phi) is 8.04. The van der Waals surface area contributed by atoms with E-state index in [0.29, 0.717) is 5.41 Å². The first-order chi connectivity index (χ1) is 7.39. The molecule has 0 saturated carbocycles. The SMILES string of the molecule is CCOC(CCC(C)CC(C)(C)C)OCC. The molecular weight excluding hydrogens is 200 g/mol. The highest BCUT2D eigenvalue weighted by Gasteiger charge is 2.17. The van der Waals surface area contributed by atoms with Crippen LogP contribution in [0.1, 0.15) is 60.8 Å². The van der Waals surface area contributed by atoms with Crippen LogP contribution in [0, 0.1) is 11.3 Å². The fraction of sp³-hybridized carbons (Fsp3) is 1.00. The van der Waals surface area contributed by atoms with Gasteiger partial charge in [0.15, 0.2) is 6.29 Å². The van der Waals surface area contributed by atoms with Gasteiger partial charge in [0.2, 0.25) is 0 Å². The third kappa shape index (κ3) is 9.17. The summed E-state index contributed by atoms with van der Waals surface area (Å²) in [6, 6.07) is 0. The summed E-state index contributed by atoms with van der Waals surface area (Å²) in [5.41, 5.74) is 0.423. The Hall–Kier alpha value is -0.0800. The van der Waals surface area contributed by atoms with Gasteiger partial charge >= 0.3 is 0 Å². The molecule has 0 N–H and O–H groups in total. The van der Waals surface area contributed by atoms with Crippen LogP contribution in [-0.2, 0) is 9.47 Å². The summed E-state index contributed by atoms with van der Waals surface area (Å²) in [6.07, 6.45) is 3.45. The van der Waals surface area contributed by atoms with Gasteiger partial charge in [-0.2, -0.15) is 0 Å². The Morgan fingerprint density at radius 3 is 1.81 bits per heavy atom. The number of hydrogen-bond donors (Lipinski definition) is 0. The molecule has 0 aliphatic rings. The number of ether oxygens (including phenoxy) is 2. The molecule has 0 aromatic carbocycles. The predicted molar refractivity (Wildman–Crippen MR) is 69.5 cm³/mol. The van der Waals surface area contributed by atoms with Crippen LogP contribution in [0.2, 0.25) is 0 Å². The first-order valence-electron chi connectivity index (χ1n) is 6.62. The second-order valence-electron chi connectivity index (χ2n) is 5.79. The average molecular weight is 230 g/mol. The van der Waals surface area contributed by atoms with Crippen molar-refractivity contribution in [3.8, 4) is 0 Å². The maximum atomic E-state index is 5.54. The average Bonchev–Trinajstić information content (AvgIpc) is 2.12. The van der Waals surface area contributed by atoms with E-state index >= 15 is 0 Å². The van der Waals surface area contributed by atoms with Crippen LogP contribution in [0.25, 0.3) is 0 Å². The van der Waals surface area contributed by atoms with E-state index in [9.17, 15) is 0 Å². The molecular formula is C14H30O2. The molecule has 0 bridgehead atoms. The molecule has 0 spiro atoms. The minimum Gasteiger partial charge on any atom is -0.353 e. The van der Waals surface area contributed by atoms with Crippen molar-refractivity contribution < 1.29 is 9.47 Å². The van der Waals surface area contributed by atoms with E-state index in [1.807, 2.05) is 13.8 Å². The highest BCUT2D eigenvalue weighted by Crippen LogP contribution is 2.27. The topological polar surface area (TPSA) is 18.5 Å². The second-order valence-corrected chi connectivity index (χ2v) is 5.79. The van der Waals surface area contributed by atoms with Crippen LogP contribution >= 0.6 is 0 Å². The fourth-order valence-corrected chi connectivity index (χ4v) is 2.15. The van der Waals surface area contributed by atoms with Gasteiger partial charge in [-0.05, 0) is 44.4 Å². The number of hydrogen-bond acceptors (Lipinski definition) is 2. The van der Waals surface area contributed by atoms with E-state index in [2.05, 4.69) is 27.7 Å². The van der Waals surface area contributed by atoms with E-state index in [4.69, 9.17) is 9.47 Å². The lowest BCUT2D eigenvalue weighted by atomic mass is 9.84. The smallest absolute Gasteiger partial charge is 0.157 e. The van der Waals surface area contributed by atoms with Crippen LogP contribution in [0.5, 0.6) is 0 Å². The first-order valence-corrected chi connectivity index (χ1v) is 6.62. The van der Waals surface area contributed by atoms with Gasteiger partial charge in [-0.15, -0.1) is 0 Å². The molecule has 0 aliphatic heterocycles. The molecule has 1 unspecified atom stereocenters. The van der Waals surface area contributed by atoms with Gasteiger partial charge in [0.1, 0.15) is 0 Å². The highest BCUT2D eigenvalue weighted by molar-refractivity contribution is 4.66. The van der Waals surface area contributed by atoms with Gasteiger partial charge in [-0.25, -0.2) is 0 Å². The van der Waals surface area contributed by atoms with Crippen LogP contribution in [-0.4, -0.2) is 19.5 Å². The summed E-state index contributed by atoms with van der Waals surface area (Å²) >= 11 is 0. The van der Waals surface area contributed by atoms with Crippen molar-refractivity contribution in [2.24, 2.45) is 11.3 Å². The summed E-state index contributed by atoms with van der Waals surface area (Å²) in [6.45, 7) is 14.7. The van der Waals surface area contributed by atoms with E-state index in [1.165, 1.54) is 12.8 Å². The zero-order valence-electron chi connectivity index (χ0n) is 12.0. The van der Waals surface area contributed by atoms with Crippen molar-refractivity contribution >= 4 is 0 Å². The van der Waals surface area contributed by atoms with E-state index in [0.717, 1.165) is 25.6 Å². The summed E-state index contributed by atoms with van der Waals surface area (Å²) in [5.74, 6) is 0.739. The van der Waals surface area contributed by atoms with Crippen LogP contribution in [0.4, 0.5) is 0 Å². The summed E-state index contributed by atoms with van der Waals surface area (Å²) in [7, 11) is 0. The zero-order chi connectivity index (χ0) is 12.6. The Morgan fingerprint density at radius 1 is 0.938 bits per heavy atom. The van der Waals surface area contributed by atoms with E-state index < -0.39 is 0 Å². The third-order valence-electron chi connectivity index (χ3n) is 2.56. The minimum absolute atomic E-state index is 0.00239. The monoisotopic (exact) mass is 230 g/mol. The maximum absolute atomic E-state index is 5.54. The summed E-state index contributed by atoms with van der Waals surface area (Å²) in [5, 5.41) is 0. The van der Waals surface area contributed by atoms with Gasteiger partial charge in [0, 0.05) is 13.2 Å². The molecule has 0 radical (unpaired) electrons. The minimum atomic E-state index is -0.00239. The summed E-state index contributed by atoms with van der Waals surface area (Å²) in [4.78, 5) is 0. The second kappa shape index (κ2) is 8.08. The molecule has 1 atom stereocenters. The predicted octanol–water partition coefficient (Wildman–Crippen LogP) is 4.24. The Morgan fingerprint density at radius 2 is 1.44 bits per heavy atom. The Balaban J connectivity index is 3.81. The first kappa shape index (κ1) is 15.9. The molecule has 0 aromatic rings. The zero-order valence-corrected chi connectivity index (χ0v) is 12.0. The standard InChI is InChI=1S/C14H30O2/c1-7-15-13(16-8-2)10-9-12(3)11-14(4,5)6/h12-13H,7-11H2,1-6H3. The normalized spacial score (nSPS) is 14.4. The van der Waals surface area contributed by atoms with E-state index in [-0.39, 0.29) is 6.29 Å². The molecule has 0 rings (SSSR count). The molecule has 2 nitrogen and oxygen atoms in total. The van der Waals surface area contributed by atoms with Crippen molar-refractivity contribution in [2.75, 3.05) is 13.2 Å². The molecule has 0 saturated heterocycles.